The first-order valence-electron chi connectivity index (χ1n) is 8.50. The zero-order valence-electron chi connectivity index (χ0n) is 13.5. The van der Waals surface area contributed by atoms with E-state index in [1.165, 1.54) is 51.4 Å². The summed E-state index contributed by atoms with van der Waals surface area (Å²) in [6, 6.07) is 7.60. The van der Waals surface area contributed by atoms with Gasteiger partial charge in [0.15, 0.2) is 0 Å². The van der Waals surface area contributed by atoms with Crippen molar-refractivity contribution in [1.29, 1.82) is 0 Å². The molecule has 1 heterocycles. The second kappa shape index (κ2) is 9.68. The van der Waals surface area contributed by atoms with Gasteiger partial charge in [0.25, 0.3) is 0 Å². The number of unbranched alkanes of at least 4 members (excludes halogenated alkanes) is 7. The van der Waals surface area contributed by atoms with Crippen LogP contribution in [0.1, 0.15) is 64.0 Å². The normalized spacial score (nSPS) is 11.0. The molecular weight excluding hydrogens is 294 g/mol. The number of rotatable bonds is 10. The summed E-state index contributed by atoms with van der Waals surface area (Å²) in [6.45, 7) is 2.26. The molecule has 0 bridgehead atoms. The van der Waals surface area contributed by atoms with Crippen molar-refractivity contribution in [2.45, 2.75) is 64.7 Å². The molecule has 0 amide bonds. The highest BCUT2D eigenvalue weighted by Crippen LogP contribution is 2.21. The third-order valence-electron chi connectivity index (χ3n) is 3.93. The van der Waals surface area contributed by atoms with Crippen molar-refractivity contribution in [3.63, 3.8) is 0 Å². The Kier molecular flexibility index (Phi) is 7.51. The molecule has 0 atom stereocenters. The summed E-state index contributed by atoms with van der Waals surface area (Å²) in [7, 11) is 0. The number of aromatic nitrogens is 1. The first-order valence-corrected chi connectivity index (χ1v) is 8.87. The van der Waals surface area contributed by atoms with E-state index in [1.54, 1.807) is 6.26 Å². The van der Waals surface area contributed by atoms with Crippen molar-refractivity contribution >= 4 is 11.6 Å². The molecule has 3 heteroatoms. The van der Waals surface area contributed by atoms with Gasteiger partial charge in [0.05, 0.1) is 5.69 Å². The minimum atomic E-state index is 0.686. The summed E-state index contributed by atoms with van der Waals surface area (Å²) < 4.78 is 5.56. The van der Waals surface area contributed by atoms with Gasteiger partial charge in [-0.15, -0.1) is 0 Å². The fraction of sp³-hybridized carbons (Fsp3) is 0.526. The highest BCUT2D eigenvalue weighted by molar-refractivity contribution is 6.30. The van der Waals surface area contributed by atoms with E-state index in [0.29, 0.717) is 5.89 Å². The lowest BCUT2D eigenvalue weighted by Gasteiger charge is -2.00. The number of halogens is 1. The minimum absolute atomic E-state index is 0.686. The van der Waals surface area contributed by atoms with Gasteiger partial charge in [-0.25, -0.2) is 4.98 Å². The molecule has 2 nitrogen and oxygen atoms in total. The van der Waals surface area contributed by atoms with E-state index in [0.717, 1.165) is 22.7 Å². The zero-order chi connectivity index (χ0) is 15.6. The van der Waals surface area contributed by atoms with E-state index < -0.39 is 0 Å². The van der Waals surface area contributed by atoms with Gasteiger partial charge in [0.2, 0.25) is 5.89 Å². The van der Waals surface area contributed by atoms with Crippen molar-refractivity contribution in [1.82, 2.24) is 4.98 Å². The molecule has 22 heavy (non-hydrogen) atoms. The van der Waals surface area contributed by atoms with Crippen LogP contribution in [0, 0.1) is 0 Å². The summed E-state index contributed by atoms with van der Waals surface area (Å²) >= 11 is 5.89. The molecule has 1 aromatic carbocycles. The number of hydrogen-bond donors (Lipinski definition) is 0. The Hall–Kier alpha value is -1.28. The lowest BCUT2D eigenvalue weighted by molar-refractivity contribution is 0.565. The molecule has 0 saturated carbocycles. The summed E-state index contributed by atoms with van der Waals surface area (Å²) in [4.78, 5) is 4.56. The molecule has 1 aromatic heterocycles. The molecule has 0 unspecified atom stereocenters. The Morgan fingerprint density at radius 1 is 0.909 bits per heavy atom. The fourth-order valence-corrected chi connectivity index (χ4v) is 2.71. The van der Waals surface area contributed by atoms with Crippen LogP contribution in [0.25, 0.3) is 11.5 Å². The van der Waals surface area contributed by atoms with Gasteiger partial charge in [-0.3, -0.25) is 0 Å². The van der Waals surface area contributed by atoms with Gasteiger partial charge in [-0.1, -0.05) is 63.5 Å². The lowest BCUT2D eigenvalue weighted by atomic mass is 10.1. The average Bonchev–Trinajstić information content (AvgIpc) is 2.99. The number of benzene rings is 1. The maximum absolute atomic E-state index is 5.89. The quantitative estimate of drug-likeness (QED) is 0.456. The SMILES string of the molecule is CCCCCCCCCCc1coc(-c2ccc(Cl)cc2)n1. The Morgan fingerprint density at radius 2 is 1.55 bits per heavy atom. The second-order valence-corrected chi connectivity index (χ2v) is 6.31. The van der Waals surface area contributed by atoms with Crippen LogP contribution in [0.3, 0.4) is 0 Å². The van der Waals surface area contributed by atoms with E-state index in [1.807, 2.05) is 24.3 Å². The maximum Gasteiger partial charge on any atom is 0.226 e. The van der Waals surface area contributed by atoms with Gasteiger partial charge in [0, 0.05) is 10.6 Å². The van der Waals surface area contributed by atoms with Crippen LogP contribution in [0.5, 0.6) is 0 Å². The first kappa shape index (κ1) is 17.1. The first-order chi connectivity index (χ1) is 10.8. The second-order valence-electron chi connectivity index (χ2n) is 5.88. The largest absolute Gasteiger partial charge is 0.444 e. The summed E-state index contributed by atoms with van der Waals surface area (Å²) in [5, 5.41) is 0.731. The van der Waals surface area contributed by atoms with E-state index in [2.05, 4.69) is 11.9 Å². The van der Waals surface area contributed by atoms with Gasteiger partial charge < -0.3 is 4.42 Å². The highest BCUT2D eigenvalue weighted by Gasteiger charge is 2.06. The minimum Gasteiger partial charge on any atom is -0.444 e. The van der Waals surface area contributed by atoms with E-state index >= 15 is 0 Å². The van der Waals surface area contributed by atoms with Crippen LogP contribution in [-0.2, 0) is 6.42 Å². The third-order valence-corrected chi connectivity index (χ3v) is 4.18. The lowest BCUT2D eigenvalue weighted by Crippen LogP contribution is -1.87. The van der Waals surface area contributed by atoms with Crippen molar-refractivity contribution in [3.05, 3.63) is 41.2 Å². The molecule has 120 valence electrons. The third kappa shape index (κ3) is 5.84. The predicted octanol–water partition coefficient (Wildman–Crippen LogP) is 6.68. The van der Waals surface area contributed by atoms with Crippen molar-refractivity contribution in [3.8, 4) is 11.5 Å². The Bertz CT molecular complexity index is 533. The summed E-state index contributed by atoms with van der Waals surface area (Å²) in [5.41, 5.74) is 2.03. The predicted molar refractivity (Wildman–Crippen MR) is 93.3 cm³/mol. The van der Waals surface area contributed by atoms with Crippen LogP contribution < -0.4 is 0 Å². The average molecular weight is 320 g/mol. The molecule has 2 aromatic rings. The highest BCUT2D eigenvalue weighted by atomic mass is 35.5. The molecule has 0 fully saturated rings. The van der Waals surface area contributed by atoms with Crippen LogP contribution in [0.4, 0.5) is 0 Å². The molecule has 0 radical (unpaired) electrons. The molecular formula is C19H26ClNO. The van der Waals surface area contributed by atoms with Gasteiger partial charge in [-0.2, -0.15) is 0 Å². The molecule has 0 aliphatic rings. The smallest absolute Gasteiger partial charge is 0.226 e. The van der Waals surface area contributed by atoms with E-state index in [-0.39, 0.29) is 0 Å². The van der Waals surface area contributed by atoms with Crippen LogP contribution in [0.2, 0.25) is 5.02 Å². The molecule has 0 N–H and O–H groups in total. The molecule has 0 aliphatic carbocycles. The van der Waals surface area contributed by atoms with Crippen molar-refractivity contribution < 1.29 is 4.42 Å². The number of nitrogens with zero attached hydrogens (tertiary/aromatic N) is 1. The summed E-state index contributed by atoms with van der Waals surface area (Å²) in [5.74, 6) is 0.686. The summed E-state index contributed by atoms with van der Waals surface area (Å²) in [6.07, 6.45) is 13.5. The number of aryl methyl sites for hydroxylation is 1. The van der Waals surface area contributed by atoms with Crippen molar-refractivity contribution in [2.24, 2.45) is 0 Å². The van der Waals surface area contributed by atoms with E-state index in [4.69, 9.17) is 16.0 Å². The standard InChI is InChI=1S/C19H26ClNO/c1-2-3-4-5-6-7-8-9-10-18-15-22-19(21-18)16-11-13-17(20)14-12-16/h11-15H,2-10H2,1H3. The molecule has 2 rings (SSSR count). The van der Waals surface area contributed by atoms with Crippen LogP contribution >= 0.6 is 11.6 Å². The Morgan fingerprint density at radius 3 is 2.23 bits per heavy atom. The molecule has 0 spiro atoms. The van der Waals surface area contributed by atoms with Gasteiger partial charge in [-0.05, 0) is 37.1 Å². The molecule has 0 aliphatic heterocycles. The zero-order valence-corrected chi connectivity index (χ0v) is 14.2. The monoisotopic (exact) mass is 319 g/mol. The fourth-order valence-electron chi connectivity index (χ4n) is 2.59. The van der Waals surface area contributed by atoms with Crippen molar-refractivity contribution in [2.75, 3.05) is 0 Å². The topological polar surface area (TPSA) is 26.0 Å². The molecule has 0 saturated heterocycles. The Balaban J connectivity index is 1.66. The van der Waals surface area contributed by atoms with Crippen LogP contribution in [0.15, 0.2) is 34.9 Å². The van der Waals surface area contributed by atoms with Gasteiger partial charge in [0.1, 0.15) is 6.26 Å². The Labute approximate surface area is 138 Å². The number of oxazole rings is 1. The van der Waals surface area contributed by atoms with E-state index in [9.17, 15) is 0 Å². The number of hydrogen-bond acceptors (Lipinski definition) is 2. The van der Waals surface area contributed by atoms with Gasteiger partial charge >= 0.3 is 0 Å². The van der Waals surface area contributed by atoms with Crippen LogP contribution in [-0.4, -0.2) is 4.98 Å². The maximum atomic E-state index is 5.89.